The molecule has 14 nitrogen and oxygen atoms in total. The van der Waals surface area contributed by atoms with Gasteiger partial charge in [0.1, 0.15) is 23.7 Å². The molecule has 2 saturated heterocycles. The summed E-state index contributed by atoms with van der Waals surface area (Å²) in [4.78, 5) is 72.9. The number of aromatic nitrogens is 4. The first-order chi connectivity index (χ1) is 29.8. The van der Waals surface area contributed by atoms with Crippen LogP contribution in [0.4, 0.5) is 9.59 Å². The van der Waals surface area contributed by atoms with Gasteiger partial charge in [-0.1, -0.05) is 82.3 Å². The van der Waals surface area contributed by atoms with Gasteiger partial charge in [-0.15, -0.1) is 0 Å². The Hall–Kier alpha value is -6.18. The van der Waals surface area contributed by atoms with Gasteiger partial charge in [-0.25, -0.2) is 19.6 Å². The van der Waals surface area contributed by atoms with E-state index >= 15 is 0 Å². The molecule has 1 spiro atoms. The summed E-state index contributed by atoms with van der Waals surface area (Å²) in [5.74, 6) is 1.45. The zero-order chi connectivity index (χ0) is 43.4. The third-order valence-electron chi connectivity index (χ3n) is 13.8. The molecule has 62 heavy (non-hydrogen) atoms. The summed E-state index contributed by atoms with van der Waals surface area (Å²) in [5.41, 5.74) is 8.07. The lowest BCUT2D eigenvalue weighted by Crippen LogP contribution is -2.54. The number of amides is 4. The molecule has 2 aliphatic carbocycles. The Labute approximate surface area is 361 Å². The first kappa shape index (κ1) is 41.2. The zero-order valence-electron chi connectivity index (χ0n) is 36.2. The highest BCUT2D eigenvalue weighted by Gasteiger charge is 2.55. The molecule has 5 aromatic rings. The number of carbonyl (C=O) groups is 4. The zero-order valence-corrected chi connectivity index (χ0v) is 36.2. The fourth-order valence-corrected chi connectivity index (χ4v) is 10.2. The quantitative estimate of drug-likeness (QED) is 0.103. The number of alkyl carbamates (subject to hydrolysis) is 2. The number of imidazole rings is 2. The molecule has 1 unspecified atom stereocenters. The molecule has 324 valence electrons. The molecule has 2 aromatic heterocycles. The van der Waals surface area contributed by atoms with Crippen LogP contribution >= 0.6 is 0 Å². The summed E-state index contributed by atoms with van der Waals surface area (Å²) >= 11 is 0. The number of ether oxygens (including phenoxy) is 2. The predicted molar refractivity (Wildman–Crippen MR) is 234 cm³/mol. The van der Waals surface area contributed by atoms with E-state index in [2.05, 4.69) is 81.3 Å². The molecule has 6 atom stereocenters. The number of fused-ring (bicyclic) bond motifs is 3. The number of rotatable bonds is 11. The first-order valence-corrected chi connectivity index (χ1v) is 21.9. The largest absolute Gasteiger partial charge is 0.453 e. The van der Waals surface area contributed by atoms with E-state index in [1.807, 2.05) is 49.8 Å². The van der Waals surface area contributed by atoms with Crippen LogP contribution in [0, 0.1) is 23.2 Å². The van der Waals surface area contributed by atoms with Crippen molar-refractivity contribution in [2.45, 2.75) is 96.4 Å². The van der Waals surface area contributed by atoms with Crippen LogP contribution < -0.4 is 10.6 Å². The average molecular weight is 841 g/mol. The van der Waals surface area contributed by atoms with Crippen LogP contribution in [0.15, 0.2) is 72.9 Å². The number of methoxy groups -OCH3 is 2. The number of carbonyl (C=O) groups excluding carboxylic acids is 4. The van der Waals surface area contributed by atoms with Gasteiger partial charge < -0.3 is 39.9 Å². The summed E-state index contributed by atoms with van der Waals surface area (Å²) in [6, 6.07) is 21.5. The van der Waals surface area contributed by atoms with Crippen LogP contribution in [-0.4, -0.2) is 92.6 Å². The van der Waals surface area contributed by atoms with E-state index in [0.29, 0.717) is 12.5 Å². The minimum atomic E-state index is -0.685. The minimum Gasteiger partial charge on any atom is -0.453 e. The highest BCUT2D eigenvalue weighted by molar-refractivity contribution is 5.88. The second-order valence-electron chi connectivity index (χ2n) is 18.5. The number of piperidine rings is 1. The maximum Gasteiger partial charge on any atom is 0.407 e. The van der Waals surface area contributed by atoms with Crippen molar-refractivity contribution in [3.05, 3.63) is 84.6 Å². The molecular formula is C48H56N8O6. The van der Waals surface area contributed by atoms with E-state index in [4.69, 9.17) is 19.4 Å². The minimum absolute atomic E-state index is 0.0889. The van der Waals surface area contributed by atoms with Gasteiger partial charge in [-0.2, -0.15) is 0 Å². The maximum atomic E-state index is 14.0. The van der Waals surface area contributed by atoms with Gasteiger partial charge >= 0.3 is 12.2 Å². The van der Waals surface area contributed by atoms with Gasteiger partial charge in [0, 0.05) is 12.6 Å². The van der Waals surface area contributed by atoms with Crippen molar-refractivity contribution in [3.8, 4) is 33.5 Å². The van der Waals surface area contributed by atoms with Crippen LogP contribution in [0.1, 0.15) is 90.0 Å². The van der Waals surface area contributed by atoms with E-state index in [9.17, 15) is 19.2 Å². The number of hydrogen-bond donors (Lipinski definition) is 4. The van der Waals surface area contributed by atoms with Gasteiger partial charge in [0.05, 0.1) is 49.2 Å². The average Bonchev–Trinajstić information content (AvgIpc) is 3.88. The molecule has 4 N–H and O–H groups in total. The van der Waals surface area contributed by atoms with Crippen LogP contribution in [0.3, 0.4) is 0 Å². The van der Waals surface area contributed by atoms with Gasteiger partial charge in [0.15, 0.2) is 0 Å². The Morgan fingerprint density at radius 1 is 0.742 bits per heavy atom. The third-order valence-corrected chi connectivity index (χ3v) is 13.8. The molecule has 9 rings (SSSR count). The molecule has 4 heterocycles. The highest BCUT2D eigenvalue weighted by Crippen LogP contribution is 2.58. The molecule has 2 saturated carbocycles. The van der Waals surface area contributed by atoms with Crippen LogP contribution in [0.25, 0.3) is 44.5 Å². The molecule has 2 aliphatic heterocycles. The number of hydrogen-bond acceptors (Lipinski definition) is 8. The van der Waals surface area contributed by atoms with E-state index in [0.717, 1.165) is 94.7 Å². The maximum absolute atomic E-state index is 14.0. The highest BCUT2D eigenvalue weighted by atomic mass is 16.5. The first-order valence-electron chi connectivity index (χ1n) is 21.9. The molecular weight excluding hydrogens is 785 g/mol. The smallest absolute Gasteiger partial charge is 0.407 e. The lowest BCUT2D eigenvalue weighted by Gasteiger charge is -2.37. The number of aromatic amines is 2. The topological polar surface area (TPSA) is 175 Å². The molecule has 0 radical (unpaired) electrons. The number of benzene rings is 3. The number of likely N-dealkylation sites (tertiary alicyclic amines) is 2. The molecule has 2 bridgehead atoms. The molecule has 4 fully saturated rings. The molecule has 3 aromatic carbocycles. The van der Waals surface area contributed by atoms with E-state index in [1.165, 1.54) is 14.2 Å². The Bertz CT molecular complexity index is 2490. The van der Waals surface area contributed by atoms with Crippen molar-refractivity contribution >= 4 is 35.0 Å². The predicted octanol–water partition coefficient (Wildman–Crippen LogP) is 8.15. The Kier molecular flexibility index (Phi) is 10.8. The van der Waals surface area contributed by atoms with E-state index < -0.39 is 24.3 Å². The van der Waals surface area contributed by atoms with Crippen molar-refractivity contribution in [1.29, 1.82) is 0 Å². The Morgan fingerprint density at radius 2 is 1.32 bits per heavy atom. The third kappa shape index (κ3) is 7.68. The lowest BCUT2D eigenvalue weighted by atomic mass is 9.95. The SMILES string of the molecule is COC(=O)NC(C(=O)N1CC2(CC2)C[C@H]1c1ncc(-c2ccc(-c3ccc(-c4ccc5nc([C@@H]6[C@H]7CC[C@H](C7)N6C(=O)[C@@H](NC(=O)OC)C(C)C)[nH]c5c4)cc3)cc2)[nH]1)C(C)C. The summed E-state index contributed by atoms with van der Waals surface area (Å²) in [6.45, 7) is 8.38. The standard InChI is InChI=1S/C48H56N8O6/c1-26(2)39(53-46(59)61-5)44(57)55-25-48(19-20-48)23-38(55)42-49-24-37(52-42)31-13-11-29(12-14-31)28-7-9-30(10-8-28)32-16-18-35-36(22-32)51-43(50-35)41-33-15-17-34(21-33)56(41)45(58)40(27(3)4)54-47(60)62-6/h7-14,16,18,22,24,26-27,33-34,38-41H,15,17,19-21,23,25H2,1-6H3,(H,49,52)(H,50,51)(H,53,59)(H,54,60)/t33-,34+,38-,39?,40-,41-/m0/s1. The summed E-state index contributed by atoms with van der Waals surface area (Å²) < 4.78 is 9.66. The van der Waals surface area contributed by atoms with Crippen molar-refractivity contribution in [2.24, 2.45) is 23.2 Å². The molecule has 4 aliphatic rings. The monoisotopic (exact) mass is 840 g/mol. The van der Waals surface area contributed by atoms with E-state index in [-0.39, 0.29) is 47.2 Å². The van der Waals surface area contributed by atoms with Gasteiger partial charge in [0.25, 0.3) is 0 Å². The second-order valence-corrected chi connectivity index (χ2v) is 18.5. The normalized spacial score (nSPS) is 22.1. The summed E-state index contributed by atoms with van der Waals surface area (Å²) in [6.07, 6.45) is 6.57. The number of nitrogens with one attached hydrogen (secondary N) is 4. The van der Waals surface area contributed by atoms with E-state index in [1.54, 1.807) is 0 Å². The van der Waals surface area contributed by atoms with Gasteiger partial charge in [-0.05, 0) is 102 Å². The summed E-state index contributed by atoms with van der Waals surface area (Å²) in [7, 11) is 2.62. The van der Waals surface area contributed by atoms with Crippen molar-refractivity contribution in [2.75, 3.05) is 20.8 Å². The fourth-order valence-electron chi connectivity index (χ4n) is 10.2. The Morgan fingerprint density at radius 3 is 1.92 bits per heavy atom. The van der Waals surface area contributed by atoms with Crippen LogP contribution in [0.5, 0.6) is 0 Å². The second kappa shape index (κ2) is 16.3. The van der Waals surface area contributed by atoms with Crippen LogP contribution in [0.2, 0.25) is 0 Å². The number of H-pyrrole nitrogens is 2. The van der Waals surface area contributed by atoms with Crippen molar-refractivity contribution in [1.82, 2.24) is 40.4 Å². The van der Waals surface area contributed by atoms with Crippen molar-refractivity contribution in [3.63, 3.8) is 0 Å². The van der Waals surface area contributed by atoms with Gasteiger partial charge in [-0.3, -0.25) is 9.59 Å². The Balaban J connectivity index is 0.888. The summed E-state index contributed by atoms with van der Waals surface area (Å²) in [5, 5.41) is 5.52. The molecule has 4 amide bonds. The van der Waals surface area contributed by atoms with Crippen LogP contribution in [-0.2, 0) is 19.1 Å². The number of nitrogens with zero attached hydrogens (tertiary/aromatic N) is 4. The van der Waals surface area contributed by atoms with Crippen molar-refractivity contribution < 1.29 is 28.7 Å². The fraction of sp³-hybridized carbons (Fsp3) is 0.458. The lowest BCUT2D eigenvalue weighted by molar-refractivity contribution is -0.139. The van der Waals surface area contributed by atoms with Gasteiger partial charge in [0.2, 0.25) is 11.8 Å². The molecule has 14 heteroatoms.